The second-order valence-electron chi connectivity index (χ2n) is 10.4. The van der Waals surface area contributed by atoms with Crippen molar-refractivity contribution in [3.8, 4) is 23.0 Å². The van der Waals surface area contributed by atoms with Crippen molar-refractivity contribution in [2.75, 3.05) is 13.2 Å². The topological polar surface area (TPSA) is 36.9 Å². The Kier molecular flexibility index (Phi) is 6.77. The number of hydrogen-bond acceptors (Lipinski definition) is 4. The first-order chi connectivity index (χ1) is 17.4. The lowest BCUT2D eigenvalue weighted by molar-refractivity contribution is 0.158. The maximum atomic E-state index is 6.34. The van der Waals surface area contributed by atoms with E-state index >= 15 is 0 Å². The van der Waals surface area contributed by atoms with E-state index in [1.807, 2.05) is 36.4 Å². The number of benzene rings is 3. The van der Waals surface area contributed by atoms with Gasteiger partial charge in [0, 0.05) is 22.8 Å². The standard InChI is InChI=1S/C32H34O4/c1-22(2)15-17-33-26-11-12-27(30(19-26)34-20-23-8-6-5-7-9-23)25-18-24-10-13-29-28(31(24)35-21-25)14-16-32(3,4)36-29/h5-14,16,18-19,22H,15,17,20-21H2,1-4H3. The Hall–Kier alpha value is -3.66. The summed E-state index contributed by atoms with van der Waals surface area (Å²) in [5.41, 5.74) is 4.92. The van der Waals surface area contributed by atoms with Crippen LogP contribution < -0.4 is 18.9 Å². The first-order valence-corrected chi connectivity index (χ1v) is 12.7. The van der Waals surface area contributed by atoms with E-state index in [9.17, 15) is 0 Å². The molecule has 0 amide bonds. The normalized spacial score (nSPS) is 15.3. The van der Waals surface area contributed by atoms with Crippen LogP contribution in [-0.4, -0.2) is 18.8 Å². The molecule has 0 N–H and O–H groups in total. The molecule has 0 spiro atoms. The third-order valence-corrected chi connectivity index (χ3v) is 6.41. The zero-order valence-electron chi connectivity index (χ0n) is 21.5. The highest BCUT2D eigenvalue weighted by atomic mass is 16.5. The molecule has 3 aromatic rings. The van der Waals surface area contributed by atoms with Crippen LogP contribution in [0, 0.1) is 5.92 Å². The van der Waals surface area contributed by atoms with Gasteiger partial charge in [0.2, 0.25) is 0 Å². The molecular weight excluding hydrogens is 448 g/mol. The van der Waals surface area contributed by atoms with Gasteiger partial charge in [-0.1, -0.05) is 44.2 Å². The van der Waals surface area contributed by atoms with E-state index in [0.717, 1.165) is 57.2 Å². The molecule has 0 aliphatic carbocycles. The Morgan fingerprint density at radius 1 is 0.972 bits per heavy atom. The fourth-order valence-electron chi connectivity index (χ4n) is 4.38. The number of hydrogen-bond donors (Lipinski definition) is 0. The quantitative estimate of drug-likeness (QED) is 0.328. The lowest BCUT2D eigenvalue weighted by Crippen LogP contribution is -2.27. The average Bonchev–Trinajstić information content (AvgIpc) is 2.87. The first kappa shape index (κ1) is 24.1. The molecule has 0 unspecified atom stereocenters. The SMILES string of the molecule is CC(C)CCOc1ccc(C2=Cc3ccc4c(c3OC2)C=CC(C)(C)O4)c(OCc2ccccc2)c1. The van der Waals surface area contributed by atoms with Gasteiger partial charge in [0.25, 0.3) is 0 Å². The van der Waals surface area contributed by atoms with E-state index in [-0.39, 0.29) is 5.60 Å². The summed E-state index contributed by atoms with van der Waals surface area (Å²) in [5.74, 6) is 3.93. The Morgan fingerprint density at radius 2 is 1.81 bits per heavy atom. The maximum absolute atomic E-state index is 6.34. The van der Waals surface area contributed by atoms with E-state index in [4.69, 9.17) is 18.9 Å². The molecule has 0 saturated carbocycles. The number of ether oxygens (including phenoxy) is 4. The summed E-state index contributed by atoms with van der Waals surface area (Å²) < 4.78 is 24.8. The molecule has 186 valence electrons. The Balaban J connectivity index is 1.45. The molecule has 0 radical (unpaired) electrons. The summed E-state index contributed by atoms with van der Waals surface area (Å²) in [6.45, 7) is 10.1. The summed E-state index contributed by atoms with van der Waals surface area (Å²) in [6, 6.07) is 20.4. The van der Waals surface area contributed by atoms with Gasteiger partial charge in [-0.15, -0.1) is 0 Å². The van der Waals surface area contributed by atoms with Gasteiger partial charge < -0.3 is 18.9 Å². The predicted molar refractivity (Wildman–Crippen MR) is 146 cm³/mol. The van der Waals surface area contributed by atoms with E-state index in [2.05, 4.69) is 70.2 Å². The summed E-state index contributed by atoms with van der Waals surface area (Å²) in [5, 5.41) is 0. The van der Waals surface area contributed by atoms with E-state index in [1.54, 1.807) is 0 Å². The molecule has 3 aromatic carbocycles. The summed E-state index contributed by atoms with van der Waals surface area (Å²) in [4.78, 5) is 0. The molecule has 2 heterocycles. The molecule has 4 nitrogen and oxygen atoms in total. The van der Waals surface area contributed by atoms with Crippen LogP contribution in [0.1, 0.15) is 56.4 Å². The molecule has 36 heavy (non-hydrogen) atoms. The van der Waals surface area contributed by atoms with Crippen molar-refractivity contribution >= 4 is 17.7 Å². The van der Waals surface area contributed by atoms with Crippen LogP contribution in [0.15, 0.2) is 66.7 Å². The molecule has 0 saturated heterocycles. The Labute approximate surface area is 214 Å². The minimum Gasteiger partial charge on any atom is -0.493 e. The minimum atomic E-state index is -0.319. The minimum absolute atomic E-state index is 0.319. The van der Waals surface area contributed by atoms with Crippen molar-refractivity contribution < 1.29 is 18.9 Å². The van der Waals surface area contributed by atoms with Crippen LogP contribution in [0.2, 0.25) is 0 Å². The van der Waals surface area contributed by atoms with Gasteiger partial charge in [0.15, 0.2) is 0 Å². The van der Waals surface area contributed by atoms with Gasteiger partial charge >= 0.3 is 0 Å². The fraction of sp³-hybridized carbons (Fsp3) is 0.312. The lowest BCUT2D eigenvalue weighted by Gasteiger charge is -2.30. The van der Waals surface area contributed by atoms with Crippen molar-refractivity contribution in [2.24, 2.45) is 5.92 Å². The van der Waals surface area contributed by atoms with Crippen LogP contribution >= 0.6 is 0 Å². The molecular formula is C32H34O4. The third kappa shape index (κ3) is 5.43. The predicted octanol–water partition coefficient (Wildman–Crippen LogP) is 7.81. The van der Waals surface area contributed by atoms with Gasteiger partial charge in [-0.3, -0.25) is 0 Å². The first-order valence-electron chi connectivity index (χ1n) is 12.7. The number of fused-ring (bicyclic) bond motifs is 3. The van der Waals surface area contributed by atoms with Crippen LogP contribution in [0.5, 0.6) is 23.0 Å². The van der Waals surface area contributed by atoms with Crippen molar-refractivity contribution in [2.45, 2.75) is 46.3 Å². The van der Waals surface area contributed by atoms with E-state index < -0.39 is 0 Å². The van der Waals surface area contributed by atoms with Crippen molar-refractivity contribution in [3.63, 3.8) is 0 Å². The van der Waals surface area contributed by atoms with Gasteiger partial charge in [-0.2, -0.15) is 0 Å². The molecule has 0 fully saturated rings. The highest BCUT2D eigenvalue weighted by Gasteiger charge is 2.27. The smallest absolute Gasteiger partial charge is 0.137 e. The summed E-state index contributed by atoms with van der Waals surface area (Å²) in [6.07, 6.45) is 7.38. The zero-order valence-corrected chi connectivity index (χ0v) is 21.5. The highest BCUT2D eigenvalue weighted by molar-refractivity contribution is 5.90. The second kappa shape index (κ2) is 10.1. The molecule has 5 rings (SSSR count). The van der Waals surface area contributed by atoms with Gasteiger partial charge in [0.05, 0.1) is 12.2 Å². The third-order valence-electron chi connectivity index (χ3n) is 6.41. The summed E-state index contributed by atoms with van der Waals surface area (Å²) in [7, 11) is 0. The molecule has 2 aliphatic heterocycles. The van der Waals surface area contributed by atoms with Crippen LogP contribution in [0.4, 0.5) is 0 Å². The van der Waals surface area contributed by atoms with Gasteiger partial charge in [0.1, 0.15) is 41.8 Å². The molecule has 0 bridgehead atoms. The molecule has 4 heteroatoms. The second-order valence-corrected chi connectivity index (χ2v) is 10.4. The number of rotatable bonds is 8. The van der Waals surface area contributed by atoms with Crippen LogP contribution in [-0.2, 0) is 6.61 Å². The van der Waals surface area contributed by atoms with Crippen molar-refractivity contribution in [1.82, 2.24) is 0 Å². The van der Waals surface area contributed by atoms with E-state index in [0.29, 0.717) is 25.7 Å². The maximum Gasteiger partial charge on any atom is 0.137 e. The van der Waals surface area contributed by atoms with Gasteiger partial charge in [-0.05, 0) is 74.2 Å². The Morgan fingerprint density at radius 3 is 2.61 bits per heavy atom. The van der Waals surface area contributed by atoms with Gasteiger partial charge in [-0.25, -0.2) is 0 Å². The van der Waals surface area contributed by atoms with E-state index in [1.165, 1.54) is 0 Å². The molecule has 0 aromatic heterocycles. The van der Waals surface area contributed by atoms with Crippen LogP contribution in [0.25, 0.3) is 17.7 Å². The largest absolute Gasteiger partial charge is 0.493 e. The summed E-state index contributed by atoms with van der Waals surface area (Å²) >= 11 is 0. The van der Waals surface area contributed by atoms with Crippen molar-refractivity contribution in [1.29, 1.82) is 0 Å². The molecule has 0 atom stereocenters. The zero-order chi connectivity index (χ0) is 25.1. The Bertz CT molecular complexity index is 1290. The lowest BCUT2D eigenvalue weighted by atomic mass is 9.95. The average molecular weight is 483 g/mol. The monoisotopic (exact) mass is 482 g/mol. The van der Waals surface area contributed by atoms with Crippen molar-refractivity contribution in [3.05, 3.63) is 89.0 Å². The fourth-order valence-corrected chi connectivity index (χ4v) is 4.38. The highest BCUT2D eigenvalue weighted by Crippen LogP contribution is 2.43. The molecule has 2 aliphatic rings. The van der Waals surface area contributed by atoms with Crippen LogP contribution in [0.3, 0.4) is 0 Å².